The van der Waals surface area contributed by atoms with E-state index in [1.165, 1.54) is 0 Å². The fourth-order valence-electron chi connectivity index (χ4n) is 2.83. The lowest BCUT2D eigenvalue weighted by atomic mass is 10.2. The number of nitrogens with one attached hydrogen (secondary N) is 1. The molecule has 1 aliphatic heterocycles. The topological polar surface area (TPSA) is 61.9 Å². The molecule has 1 saturated heterocycles. The Labute approximate surface area is 143 Å². The summed E-state index contributed by atoms with van der Waals surface area (Å²) in [6.07, 6.45) is 1.67. The maximum atomic E-state index is 12.4. The van der Waals surface area contributed by atoms with E-state index in [2.05, 4.69) is 10.2 Å². The molecule has 0 aromatic heterocycles. The second-order valence-corrected chi connectivity index (χ2v) is 5.86. The van der Waals surface area contributed by atoms with Crippen LogP contribution in [0.1, 0.15) is 26.7 Å². The van der Waals surface area contributed by atoms with Gasteiger partial charge in [-0.25, -0.2) is 0 Å². The Hall–Kier alpha value is -2.08. The van der Waals surface area contributed by atoms with Crippen LogP contribution in [0.3, 0.4) is 0 Å². The predicted octanol–water partition coefficient (Wildman–Crippen LogP) is 2.11. The SMILES string of the molecule is CCCN(CCC)C(=O)C(=O)Nc1ccccc1N1CCOCC1. The Morgan fingerprint density at radius 2 is 1.75 bits per heavy atom. The largest absolute Gasteiger partial charge is 0.378 e. The first-order valence-corrected chi connectivity index (χ1v) is 8.69. The van der Waals surface area contributed by atoms with E-state index in [1.54, 1.807) is 4.90 Å². The molecule has 24 heavy (non-hydrogen) atoms. The number of carbonyl (C=O) groups excluding carboxylic acids is 2. The number of anilines is 2. The van der Waals surface area contributed by atoms with Crippen molar-refractivity contribution in [1.29, 1.82) is 0 Å². The maximum absolute atomic E-state index is 12.4. The fourth-order valence-corrected chi connectivity index (χ4v) is 2.83. The smallest absolute Gasteiger partial charge is 0.313 e. The molecule has 132 valence electrons. The zero-order chi connectivity index (χ0) is 17.4. The summed E-state index contributed by atoms with van der Waals surface area (Å²) >= 11 is 0. The molecule has 1 aromatic rings. The summed E-state index contributed by atoms with van der Waals surface area (Å²) < 4.78 is 5.38. The van der Waals surface area contributed by atoms with Crippen molar-refractivity contribution in [3.8, 4) is 0 Å². The monoisotopic (exact) mass is 333 g/mol. The molecule has 0 unspecified atom stereocenters. The van der Waals surface area contributed by atoms with Crippen LogP contribution in [0.25, 0.3) is 0 Å². The van der Waals surface area contributed by atoms with E-state index in [4.69, 9.17) is 4.74 Å². The Morgan fingerprint density at radius 1 is 1.12 bits per heavy atom. The van der Waals surface area contributed by atoms with Gasteiger partial charge in [-0.05, 0) is 25.0 Å². The van der Waals surface area contributed by atoms with Crippen LogP contribution in [0.2, 0.25) is 0 Å². The molecule has 2 amide bonds. The van der Waals surface area contributed by atoms with Crippen LogP contribution in [-0.4, -0.2) is 56.1 Å². The van der Waals surface area contributed by atoms with Crippen molar-refractivity contribution in [2.45, 2.75) is 26.7 Å². The zero-order valence-corrected chi connectivity index (χ0v) is 14.6. The van der Waals surface area contributed by atoms with Crippen LogP contribution in [-0.2, 0) is 14.3 Å². The molecule has 0 spiro atoms. The van der Waals surface area contributed by atoms with Crippen molar-refractivity contribution >= 4 is 23.2 Å². The number of amides is 2. The van der Waals surface area contributed by atoms with Gasteiger partial charge in [0.25, 0.3) is 0 Å². The number of carbonyl (C=O) groups is 2. The van der Waals surface area contributed by atoms with E-state index < -0.39 is 11.8 Å². The zero-order valence-electron chi connectivity index (χ0n) is 14.6. The van der Waals surface area contributed by atoms with Gasteiger partial charge in [-0.1, -0.05) is 26.0 Å². The Kier molecular flexibility index (Phi) is 7.06. The molecule has 0 radical (unpaired) electrons. The number of rotatable bonds is 6. The van der Waals surface area contributed by atoms with Gasteiger partial charge in [-0.15, -0.1) is 0 Å². The van der Waals surface area contributed by atoms with Crippen molar-refractivity contribution in [2.24, 2.45) is 0 Å². The summed E-state index contributed by atoms with van der Waals surface area (Å²) in [7, 11) is 0. The van der Waals surface area contributed by atoms with Gasteiger partial charge < -0.3 is 19.9 Å². The molecular weight excluding hydrogens is 306 g/mol. The number of nitrogens with zero attached hydrogens (tertiary/aromatic N) is 2. The third kappa shape index (κ3) is 4.71. The van der Waals surface area contributed by atoms with Crippen molar-refractivity contribution in [3.05, 3.63) is 24.3 Å². The molecule has 1 N–H and O–H groups in total. The number of hydrogen-bond donors (Lipinski definition) is 1. The Morgan fingerprint density at radius 3 is 2.38 bits per heavy atom. The molecule has 1 aliphatic rings. The quantitative estimate of drug-likeness (QED) is 0.810. The highest BCUT2D eigenvalue weighted by Crippen LogP contribution is 2.26. The fraction of sp³-hybridized carbons (Fsp3) is 0.556. The summed E-state index contributed by atoms with van der Waals surface area (Å²) in [5.74, 6) is -1.03. The number of para-hydroxylation sites is 2. The highest BCUT2D eigenvalue weighted by molar-refractivity contribution is 6.39. The molecule has 0 bridgehead atoms. The summed E-state index contributed by atoms with van der Waals surface area (Å²) in [5.41, 5.74) is 1.60. The lowest BCUT2D eigenvalue weighted by Gasteiger charge is -2.30. The molecule has 2 rings (SSSR count). The van der Waals surface area contributed by atoms with Crippen molar-refractivity contribution in [3.63, 3.8) is 0 Å². The van der Waals surface area contributed by atoms with Gasteiger partial charge in [0.2, 0.25) is 0 Å². The van der Waals surface area contributed by atoms with Gasteiger partial charge in [-0.2, -0.15) is 0 Å². The maximum Gasteiger partial charge on any atom is 0.313 e. The number of benzene rings is 1. The van der Waals surface area contributed by atoms with E-state index in [0.717, 1.165) is 31.6 Å². The lowest BCUT2D eigenvalue weighted by molar-refractivity contribution is -0.143. The van der Waals surface area contributed by atoms with Crippen molar-refractivity contribution in [2.75, 3.05) is 49.6 Å². The molecule has 6 nitrogen and oxygen atoms in total. The first-order valence-electron chi connectivity index (χ1n) is 8.69. The minimum absolute atomic E-state index is 0.463. The molecule has 0 atom stereocenters. The Bertz CT molecular complexity index is 550. The normalized spacial score (nSPS) is 14.3. The number of morpholine rings is 1. The minimum Gasteiger partial charge on any atom is -0.378 e. The van der Waals surface area contributed by atoms with E-state index in [-0.39, 0.29) is 0 Å². The van der Waals surface area contributed by atoms with Crippen LogP contribution < -0.4 is 10.2 Å². The summed E-state index contributed by atoms with van der Waals surface area (Å²) in [5, 5.41) is 2.79. The van der Waals surface area contributed by atoms with Gasteiger partial charge in [0, 0.05) is 26.2 Å². The van der Waals surface area contributed by atoms with Crippen LogP contribution in [0.15, 0.2) is 24.3 Å². The summed E-state index contributed by atoms with van der Waals surface area (Å²) in [6.45, 7) is 8.10. The first kappa shape index (κ1) is 18.3. The van der Waals surface area contributed by atoms with E-state index in [9.17, 15) is 9.59 Å². The van der Waals surface area contributed by atoms with Gasteiger partial charge in [-0.3, -0.25) is 9.59 Å². The van der Waals surface area contributed by atoms with Crippen LogP contribution >= 0.6 is 0 Å². The van der Waals surface area contributed by atoms with E-state index in [1.807, 2.05) is 38.1 Å². The van der Waals surface area contributed by atoms with Gasteiger partial charge in [0.05, 0.1) is 24.6 Å². The Balaban J connectivity index is 2.09. The van der Waals surface area contributed by atoms with E-state index >= 15 is 0 Å². The van der Waals surface area contributed by atoms with Crippen LogP contribution in [0, 0.1) is 0 Å². The standard InChI is InChI=1S/C18H27N3O3/c1-3-9-21(10-4-2)18(23)17(22)19-15-7-5-6-8-16(15)20-11-13-24-14-12-20/h5-8H,3-4,9-14H2,1-2H3,(H,19,22). The highest BCUT2D eigenvalue weighted by atomic mass is 16.5. The minimum atomic E-state index is -0.572. The molecule has 0 aliphatic carbocycles. The number of hydrogen-bond acceptors (Lipinski definition) is 4. The second-order valence-electron chi connectivity index (χ2n) is 5.86. The molecular formula is C18H27N3O3. The highest BCUT2D eigenvalue weighted by Gasteiger charge is 2.22. The predicted molar refractivity (Wildman–Crippen MR) is 95.3 cm³/mol. The van der Waals surface area contributed by atoms with Crippen LogP contribution in [0.5, 0.6) is 0 Å². The van der Waals surface area contributed by atoms with Crippen molar-refractivity contribution in [1.82, 2.24) is 4.90 Å². The van der Waals surface area contributed by atoms with Crippen LogP contribution in [0.4, 0.5) is 11.4 Å². The third-order valence-corrected chi connectivity index (χ3v) is 3.97. The second kappa shape index (κ2) is 9.27. The number of ether oxygens (including phenoxy) is 1. The first-order chi connectivity index (χ1) is 11.7. The van der Waals surface area contributed by atoms with E-state index in [0.29, 0.717) is 32.0 Å². The van der Waals surface area contributed by atoms with Gasteiger partial charge >= 0.3 is 11.8 Å². The molecule has 6 heteroatoms. The summed E-state index contributed by atoms with van der Waals surface area (Å²) in [4.78, 5) is 28.6. The lowest BCUT2D eigenvalue weighted by Crippen LogP contribution is -2.41. The van der Waals surface area contributed by atoms with Gasteiger partial charge in [0.15, 0.2) is 0 Å². The average molecular weight is 333 g/mol. The molecule has 1 fully saturated rings. The summed E-state index contributed by atoms with van der Waals surface area (Å²) in [6, 6.07) is 7.59. The third-order valence-electron chi connectivity index (χ3n) is 3.97. The molecule has 1 aromatic carbocycles. The molecule has 0 saturated carbocycles. The molecule has 1 heterocycles. The van der Waals surface area contributed by atoms with Gasteiger partial charge in [0.1, 0.15) is 0 Å². The average Bonchev–Trinajstić information content (AvgIpc) is 2.62. The van der Waals surface area contributed by atoms with Crippen molar-refractivity contribution < 1.29 is 14.3 Å².